The zero-order valence-electron chi connectivity index (χ0n) is 8.47. The van der Waals surface area contributed by atoms with Gasteiger partial charge in [-0.2, -0.15) is 0 Å². The van der Waals surface area contributed by atoms with Crippen LogP contribution in [0.2, 0.25) is 0 Å². The SMILES string of the molecule is CC1OC1COC(=O)Nc1ccccc1. The van der Waals surface area contributed by atoms with Crippen molar-refractivity contribution in [2.45, 2.75) is 19.1 Å². The molecule has 1 N–H and O–H groups in total. The van der Waals surface area contributed by atoms with Crippen LogP contribution in [0.25, 0.3) is 0 Å². The second-order valence-electron chi connectivity index (χ2n) is 3.47. The van der Waals surface area contributed by atoms with Gasteiger partial charge in [-0.05, 0) is 19.1 Å². The molecule has 1 aliphatic heterocycles. The van der Waals surface area contributed by atoms with Gasteiger partial charge in [0, 0.05) is 5.69 Å². The molecule has 1 heterocycles. The molecule has 1 saturated heterocycles. The summed E-state index contributed by atoms with van der Waals surface area (Å²) in [6, 6.07) is 9.19. The predicted octanol–water partition coefficient (Wildman–Crippen LogP) is 2.02. The van der Waals surface area contributed by atoms with Crippen molar-refractivity contribution in [1.29, 1.82) is 0 Å². The summed E-state index contributed by atoms with van der Waals surface area (Å²) in [5.74, 6) is 0. The van der Waals surface area contributed by atoms with Gasteiger partial charge in [0.15, 0.2) is 0 Å². The van der Waals surface area contributed by atoms with E-state index in [1.54, 1.807) is 12.1 Å². The zero-order valence-corrected chi connectivity index (χ0v) is 8.47. The van der Waals surface area contributed by atoms with Crippen molar-refractivity contribution < 1.29 is 14.3 Å². The van der Waals surface area contributed by atoms with Crippen LogP contribution >= 0.6 is 0 Å². The van der Waals surface area contributed by atoms with Crippen molar-refractivity contribution in [3.63, 3.8) is 0 Å². The lowest BCUT2D eigenvalue weighted by Gasteiger charge is -2.04. The van der Waals surface area contributed by atoms with Crippen LogP contribution in [-0.4, -0.2) is 24.9 Å². The van der Waals surface area contributed by atoms with E-state index in [-0.39, 0.29) is 12.2 Å². The average Bonchev–Trinajstić information content (AvgIpc) is 2.93. The van der Waals surface area contributed by atoms with Gasteiger partial charge in [-0.3, -0.25) is 5.32 Å². The smallest absolute Gasteiger partial charge is 0.411 e. The first-order valence-electron chi connectivity index (χ1n) is 4.90. The summed E-state index contributed by atoms with van der Waals surface area (Å²) in [5, 5.41) is 2.62. The molecule has 0 aliphatic carbocycles. The van der Waals surface area contributed by atoms with Crippen molar-refractivity contribution >= 4 is 11.8 Å². The second kappa shape index (κ2) is 4.31. The van der Waals surface area contributed by atoms with Crippen molar-refractivity contribution in [1.82, 2.24) is 0 Å². The lowest BCUT2D eigenvalue weighted by Crippen LogP contribution is -2.17. The summed E-state index contributed by atoms with van der Waals surface area (Å²) in [6.45, 7) is 2.27. The summed E-state index contributed by atoms with van der Waals surface area (Å²) in [6.07, 6.45) is -0.148. The number of ether oxygens (including phenoxy) is 2. The molecule has 1 aromatic carbocycles. The molecule has 80 valence electrons. The maximum absolute atomic E-state index is 11.3. The van der Waals surface area contributed by atoms with E-state index in [1.165, 1.54) is 0 Å². The number of rotatable bonds is 3. The molecule has 1 aromatic rings. The molecule has 0 radical (unpaired) electrons. The van der Waals surface area contributed by atoms with Crippen molar-refractivity contribution in [2.24, 2.45) is 0 Å². The average molecular weight is 207 g/mol. The quantitative estimate of drug-likeness (QED) is 0.771. The number of anilines is 1. The molecular weight excluding hydrogens is 194 g/mol. The highest BCUT2D eigenvalue weighted by Gasteiger charge is 2.35. The van der Waals surface area contributed by atoms with Gasteiger partial charge in [-0.1, -0.05) is 18.2 Å². The standard InChI is InChI=1S/C11H13NO3/c1-8-10(15-8)7-14-11(13)12-9-5-3-2-4-6-9/h2-6,8,10H,7H2,1H3,(H,12,13). The van der Waals surface area contributed by atoms with Crippen LogP contribution in [0.1, 0.15) is 6.92 Å². The van der Waals surface area contributed by atoms with Crippen LogP contribution in [0.4, 0.5) is 10.5 Å². The summed E-state index contributed by atoms with van der Waals surface area (Å²) in [4.78, 5) is 11.3. The van der Waals surface area contributed by atoms with Crippen LogP contribution in [0, 0.1) is 0 Å². The molecule has 1 aliphatic rings. The van der Waals surface area contributed by atoms with Gasteiger partial charge in [-0.25, -0.2) is 4.79 Å². The topological polar surface area (TPSA) is 50.9 Å². The van der Waals surface area contributed by atoms with E-state index in [9.17, 15) is 4.79 Å². The van der Waals surface area contributed by atoms with Crippen molar-refractivity contribution in [3.05, 3.63) is 30.3 Å². The van der Waals surface area contributed by atoms with E-state index in [0.717, 1.165) is 5.69 Å². The Bertz CT molecular complexity index is 339. The first-order valence-corrected chi connectivity index (χ1v) is 4.90. The Morgan fingerprint density at radius 1 is 1.47 bits per heavy atom. The summed E-state index contributed by atoms with van der Waals surface area (Å²) < 4.78 is 10.1. The summed E-state index contributed by atoms with van der Waals surface area (Å²) >= 11 is 0. The van der Waals surface area contributed by atoms with Gasteiger partial charge < -0.3 is 9.47 Å². The van der Waals surface area contributed by atoms with Crippen LogP contribution in [-0.2, 0) is 9.47 Å². The van der Waals surface area contributed by atoms with Crippen LogP contribution in [0.15, 0.2) is 30.3 Å². The normalized spacial score (nSPS) is 23.3. The molecule has 0 aromatic heterocycles. The van der Waals surface area contributed by atoms with E-state index < -0.39 is 6.09 Å². The number of carbonyl (C=O) groups excluding carboxylic acids is 1. The maximum Gasteiger partial charge on any atom is 0.411 e. The second-order valence-corrected chi connectivity index (χ2v) is 3.47. The lowest BCUT2D eigenvalue weighted by molar-refractivity contribution is 0.150. The van der Waals surface area contributed by atoms with E-state index in [0.29, 0.717) is 6.61 Å². The Morgan fingerprint density at radius 3 is 2.73 bits per heavy atom. The molecule has 0 spiro atoms. The molecule has 2 atom stereocenters. The van der Waals surface area contributed by atoms with Gasteiger partial charge in [-0.15, -0.1) is 0 Å². The minimum absolute atomic E-state index is 0.0755. The first kappa shape index (κ1) is 9.98. The Labute approximate surface area is 88.2 Å². The Balaban J connectivity index is 1.73. The molecular formula is C11H13NO3. The fourth-order valence-corrected chi connectivity index (χ4v) is 1.24. The number of hydrogen-bond donors (Lipinski definition) is 1. The third-order valence-electron chi connectivity index (χ3n) is 2.24. The van der Waals surface area contributed by atoms with Gasteiger partial charge in [0.25, 0.3) is 0 Å². The summed E-state index contributed by atoms with van der Waals surface area (Å²) in [7, 11) is 0. The summed E-state index contributed by atoms with van der Waals surface area (Å²) in [5.41, 5.74) is 0.729. The fourth-order valence-electron chi connectivity index (χ4n) is 1.24. The minimum atomic E-state index is -0.441. The minimum Gasteiger partial charge on any atom is -0.446 e. The Morgan fingerprint density at radius 2 is 2.13 bits per heavy atom. The molecule has 4 nitrogen and oxygen atoms in total. The Hall–Kier alpha value is -1.55. The van der Waals surface area contributed by atoms with Crippen molar-refractivity contribution in [2.75, 3.05) is 11.9 Å². The third-order valence-corrected chi connectivity index (χ3v) is 2.24. The molecule has 1 amide bonds. The van der Waals surface area contributed by atoms with Gasteiger partial charge in [0.05, 0.1) is 6.10 Å². The van der Waals surface area contributed by atoms with Gasteiger partial charge in [0.1, 0.15) is 12.7 Å². The maximum atomic E-state index is 11.3. The molecule has 15 heavy (non-hydrogen) atoms. The highest BCUT2D eigenvalue weighted by Crippen LogP contribution is 2.20. The van der Waals surface area contributed by atoms with Crippen LogP contribution in [0.5, 0.6) is 0 Å². The fraction of sp³-hybridized carbons (Fsp3) is 0.364. The molecule has 0 saturated carbocycles. The van der Waals surface area contributed by atoms with E-state index in [4.69, 9.17) is 9.47 Å². The molecule has 2 rings (SSSR count). The lowest BCUT2D eigenvalue weighted by atomic mass is 10.3. The monoisotopic (exact) mass is 207 g/mol. The predicted molar refractivity (Wildman–Crippen MR) is 55.7 cm³/mol. The largest absolute Gasteiger partial charge is 0.446 e. The number of amides is 1. The molecule has 4 heteroatoms. The van der Waals surface area contributed by atoms with Gasteiger partial charge >= 0.3 is 6.09 Å². The number of nitrogens with one attached hydrogen (secondary N) is 1. The van der Waals surface area contributed by atoms with Crippen LogP contribution in [0.3, 0.4) is 0 Å². The molecule has 1 fully saturated rings. The molecule has 0 bridgehead atoms. The highest BCUT2D eigenvalue weighted by atomic mass is 16.6. The number of carbonyl (C=O) groups is 1. The van der Waals surface area contributed by atoms with E-state index in [1.807, 2.05) is 25.1 Å². The van der Waals surface area contributed by atoms with E-state index >= 15 is 0 Å². The number of hydrogen-bond acceptors (Lipinski definition) is 3. The van der Waals surface area contributed by atoms with Crippen molar-refractivity contribution in [3.8, 4) is 0 Å². The number of para-hydroxylation sites is 1. The Kier molecular flexibility index (Phi) is 2.87. The molecule has 2 unspecified atom stereocenters. The number of benzene rings is 1. The number of epoxide rings is 1. The highest BCUT2D eigenvalue weighted by molar-refractivity contribution is 5.84. The van der Waals surface area contributed by atoms with E-state index in [2.05, 4.69) is 5.32 Å². The van der Waals surface area contributed by atoms with Crippen LogP contribution < -0.4 is 5.32 Å². The first-order chi connectivity index (χ1) is 7.25. The third kappa shape index (κ3) is 2.95. The van der Waals surface area contributed by atoms with Gasteiger partial charge in [0.2, 0.25) is 0 Å². The zero-order chi connectivity index (χ0) is 10.7.